The molecule has 0 fully saturated rings. The number of hydrogen-bond donors (Lipinski definition) is 4. The molecule has 4 N–H and O–H groups in total. The van der Waals surface area contributed by atoms with Crippen LogP contribution in [0.3, 0.4) is 0 Å². The van der Waals surface area contributed by atoms with E-state index in [1.807, 2.05) is 37.3 Å². The highest BCUT2D eigenvalue weighted by Crippen LogP contribution is 2.38. The zero-order valence-electron chi connectivity index (χ0n) is 24.6. The van der Waals surface area contributed by atoms with Crippen molar-refractivity contribution in [3.8, 4) is 11.6 Å². The molecule has 11 nitrogen and oxygen atoms in total. The molecule has 0 spiro atoms. The van der Waals surface area contributed by atoms with Crippen molar-refractivity contribution in [2.45, 2.75) is 70.7 Å². The quantitative estimate of drug-likeness (QED) is 0.232. The molecule has 4 aromatic rings. The van der Waals surface area contributed by atoms with Crippen LogP contribution in [-0.2, 0) is 18.6 Å². The Morgan fingerprint density at radius 3 is 2.86 bits per heavy atom. The number of fused-ring (bicyclic) bond motifs is 3. The highest BCUT2D eigenvalue weighted by atomic mass is 16.5. The van der Waals surface area contributed by atoms with Crippen LogP contribution in [0.1, 0.15) is 51.8 Å². The van der Waals surface area contributed by atoms with Gasteiger partial charge in [0.15, 0.2) is 11.5 Å². The van der Waals surface area contributed by atoms with Gasteiger partial charge in [0, 0.05) is 30.0 Å². The average Bonchev–Trinajstić information content (AvgIpc) is 3.45. The minimum atomic E-state index is -0.980. The van der Waals surface area contributed by atoms with Crippen molar-refractivity contribution in [1.29, 1.82) is 0 Å². The van der Waals surface area contributed by atoms with Crippen LogP contribution in [0.15, 0.2) is 54.0 Å². The van der Waals surface area contributed by atoms with E-state index in [9.17, 15) is 9.90 Å². The van der Waals surface area contributed by atoms with Crippen LogP contribution in [0.5, 0.6) is 5.75 Å². The molecule has 1 aliphatic carbocycles. The third-order valence-corrected chi connectivity index (χ3v) is 7.91. The summed E-state index contributed by atoms with van der Waals surface area (Å²) in [4.78, 5) is 27.4. The van der Waals surface area contributed by atoms with E-state index >= 15 is 0 Å². The maximum absolute atomic E-state index is 13.4. The normalized spacial score (nSPS) is 19.6. The van der Waals surface area contributed by atoms with Gasteiger partial charge in [-0.1, -0.05) is 19.1 Å². The summed E-state index contributed by atoms with van der Waals surface area (Å²) in [6.07, 6.45) is 5.15. The maximum Gasteiger partial charge on any atom is 0.278 e. The Kier molecular flexibility index (Phi) is 7.02. The first kappa shape index (κ1) is 27.9. The van der Waals surface area contributed by atoms with Crippen LogP contribution in [0, 0.1) is 0 Å². The number of benzene rings is 1. The Labute approximate surface area is 244 Å². The molecule has 1 aliphatic heterocycles. The predicted molar refractivity (Wildman–Crippen MR) is 164 cm³/mol. The summed E-state index contributed by atoms with van der Waals surface area (Å²) < 4.78 is 9.29. The van der Waals surface area contributed by atoms with Gasteiger partial charge in [-0.2, -0.15) is 4.98 Å². The van der Waals surface area contributed by atoms with E-state index in [-0.39, 0.29) is 23.7 Å². The van der Waals surface area contributed by atoms with Crippen molar-refractivity contribution >= 4 is 28.4 Å². The van der Waals surface area contributed by atoms with Gasteiger partial charge in [-0.3, -0.25) is 4.79 Å². The number of nitrogens with zero attached hydrogens (tertiary/aromatic N) is 5. The molecule has 0 bridgehead atoms. The third kappa shape index (κ3) is 5.14. The molecule has 220 valence electrons. The Hall–Kier alpha value is -4.22. The topological polar surface area (TPSA) is 131 Å². The molecule has 3 aromatic heterocycles. The monoisotopic (exact) mass is 570 g/mol. The van der Waals surface area contributed by atoms with Gasteiger partial charge in [0.1, 0.15) is 23.3 Å². The zero-order valence-corrected chi connectivity index (χ0v) is 24.6. The standard InChI is InChI=1S/C31H38N8O3/c1-6-14-38-28(40)22-17-32-29(35-20-9-10-23-24(15-20)42-18-21(34-23)16-33-30(3,4)5)37-27(22)39(38)25-11-8-19-12-13-31(41,7-2)26(19)36-25/h6,8-11,15,17,21,33-34,41H,1,7,12-14,16,18H2,2-5H3,(H,32,35,37)/t21-,31-/m1/s1. The molecular formula is C31H38N8O3. The molecule has 0 amide bonds. The smallest absolute Gasteiger partial charge is 0.278 e. The average molecular weight is 571 g/mol. The maximum atomic E-state index is 13.4. The lowest BCUT2D eigenvalue weighted by Crippen LogP contribution is -2.46. The second kappa shape index (κ2) is 10.6. The van der Waals surface area contributed by atoms with Crippen molar-refractivity contribution in [2.24, 2.45) is 0 Å². The van der Waals surface area contributed by atoms with Gasteiger partial charge in [0.25, 0.3) is 5.56 Å². The van der Waals surface area contributed by atoms with Crippen LogP contribution in [0.2, 0.25) is 0 Å². The fraction of sp³-hybridized carbons (Fsp3) is 0.419. The molecule has 6 rings (SSSR count). The predicted octanol–water partition coefficient (Wildman–Crippen LogP) is 4.01. The molecule has 2 atom stereocenters. The molecule has 0 radical (unpaired) electrons. The SMILES string of the molecule is C=CCn1c(=O)c2cnc(Nc3ccc4c(c3)OC[C@@H](CNC(C)(C)C)N4)nc2n1-c1ccc2c(n1)[C@@](O)(CC)CC2. The van der Waals surface area contributed by atoms with E-state index in [0.717, 1.165) is 35.7 Å². The summed E-state index contributed by atoms with van der Waals surface area (Å²) in [6.45, 7) is 13.8. The van der Waals surface area contributed by atoms with Gasteiger partial charge in [0.2, 0.25) is 5.95 Å². The third-order valence-electron chi connectivity index (χ3n) is 7.91. The zero-order chi connectivity index (χ0) is 29.6. The number of hydrogen-bond acceptors (Lipinski definition) is 9. The fourth-order valence-corrected chi connectivity index (χ4v) is 5.57. The Balaban J connectivity index is 1.32. The minimum absolute atomic E-state index is 0.0318. The van der Waals surface area contributed by atoms with E-state index in [0.29, 0.717) is 47.9 Å². The molecule has 0 unspecified atom stereocenters. The van der Waals surface area contributed by atoms with Gasteiger partial charge in [-0.15, -0.1) is 6.58 Å². The van der Waals surface area contributed by atoms with E-state index in [2.05, 4.69) is 48.3 Å². The second-order valence-corrected chi connectivity index (χ2v) is 12.1. The van der Waals surface area contributed by atoms with E-state index < -0.39 is 5.60 Å². The number of anilines is 3. The van der Waals surface area contributed by atoms with Crippen molar-refractivity contribution in [2.75, 3.05) is 23.8 Å². The van der Waals surface area contributed by atoms with E-state index in [4.69, 9.17) is 14.7 Å². The number of rotatable bonds is 8. The van der Waals surface area contributed by atoms with Crippen molar-refractivity contribution in [3.63, 3.8) is 0 Å². The summed E-state index contributed by atoms with van der Waals surface area (Å²) in [5.41, 5.74) is 2.58. The number of nitrogens with one attached hydrogen (secondary N) is 3. The molecular weight excluding hydrogens is 532 g/mol. The van der Waals surface area contributed by atoms with Crippen LogP contribution in [0.25, 0.3) is 16.9 Å². The van der Waals surface area contributed by atoms with Gasteiger partial charge in [0.05, 0.1) is 24.0 Å². The summed E-state index contributed by atoms with van der Waals surface area (Å²) >= 11 is 0. The number of aromatic nitrogens is 5. The van der Waals surface area contributed by atoms with Gasteiger partial charge in [-0.25, -0.2) is 19.3 Å². The summed E-state index contributed by atoms with van der Waals surface area (Å²) in [5, 5.41) is 21.8. The molecule has 2 aliphatic rings. The van der Waals surface area contributed by atoms with Gasteiger partial charge >= 0.3 is 0 Å². The molecule has 1 aromatic carbocycles. The largest absolute Gasteiger partial charge is 0.489 e. The Morgan fingerprint density at radius 2 is 2.10 bits per heavy atom. The van der Waals surface area contributed by atoms with Crippen molar-refractivity contribution in [3.05, 3.63) is 70.8 Å². The molecule has 11 heteroatoms. The Morgan fingerprint density at radius 1 is 1.26 bits per heavy atom. The number of allylic oxidation sites excluding steroid dienone is 1. The van der Waals surface area contributed by atoms with Crippen molar-refractivity contribution < 1.29 is 9.84 Å². The lowest BCUT2D eigenvalue weighted by molar-refractivity contribution is 0.0306. The van der Waals surface area contributed by atoms with Crippen LogP contribution in [0.4, 0.5) is 17.3 Å². The highest BCUT2D eigenvalue weighted by Gasteiger charge is 2.37. The molecule has 0 saturated carbocycles. The lowest BCUT2D eigenvalue weighted by Gasteiger charge is -2.31. The van der Waals surface area contributed by atoms with Gasteiger partial charge < -0.3 is 25.8 Å². The first-order valence-corrected chi connectivity index (χ1v) is 14.5. The number of ether oxygens (including phenoxy) is 1. The number of aryl methyl sites for hydroxylation is 1. The lowest BCUT2D eigenvalue weighted by atomic mass is 9.98. The van der Waals surface area contributed by atoms with Crippen molar-refractivity contribution in [1.82, 2.24) is 29.6 Å². The molecule has 42 heavy (non-hydrogen) atoms. The van der Waals surface area contributed by atoms with Crippen LogP contribution < -0.4 is 26.2 Å². The van der Waals surface area contributed by atoms with E-state index in [1.54, 1.807) is 10.8 Å². The minimum Gasteiger partial charge on any atom is -0.489 e. The number of pyridine rings is 1. The highest BCUT2D eigenvalue weighted by molar-refractivity contribution is 5.77. The first-order chi connectivity index (χ1) is 20.1. The van der Waals surface area contributed by atoms with Crippen LogP contribution >= 0.6 is 0 Å². The Bertz CT molecular complexity index is 1720. The summed E-state index contributed by atoms with van der Waals surface area (Å²) in [5.74, 6) is 1.58. The van der Waals surface area contributed by atoms with E-state index in [1.165, 1.54) is 10.9 Å². The molecule has 4 heterocycles. The van der Waals surface area contributed by atoms with Crippen LogP contribution in [-0.4, -0.2) is 54.2 Å². The summed E-state index contributed by atoms with van der Waals surface area (Å²) in [7, 11) is 0. The molecule has 0 saturated heterocycles. The number of aliphatic hydroxyl groups is 1. The first-order valence-electron chi connectivity index (χ1n) is 14.5. The summed E-state index contributed by atoms with van der Waals surface area (Å²) in [6, 6.07) is 9.83. The van der Waals surface area contributed by atoms with Gasteiger partial charge in [-0.05, 0) is 63.8 Å². The second-order valence-electron chi connectivity index (χ2n) is 12.1. The fourth-order valence-electron chi connectivity index (χ4n) is 5.57.